The first kappa shape index (κ1) is 12.5. The second-order valence-electron chi connectivity index (χ2n) is 4.81. The van der Waals surface area contributed by atoms with Gasteiger partial charge in [-0.2, -0.15) is 0 Å². The van der Waals surface area contributed by atoms with Gasteiger partial charge in [-0.05, 0) is 25.7 Å². The summed E-state index contributed by atoms with van der Waals surface area (Å²) in [6.07, 6.45) is 10.5. The van der Waals surface area contributed by atoms with Gasteiger partial charge in [-0.3, -0.25) is 0 Å². The highest BCUT2D eigenvalue weighted by molar-refractivity contribution is 7.09. The molecule has 0 spiro atoms. The molecule has 0 atom stereocenters. The van der Waals surface area contributed by atoms with Gasteiger partial charge in [0.05, 0.1) is 5.01 Å². The maximum atomic E-state index is 4.44. The van der Waals surface area contributed by atoms with E-state index in [1.807, 2.05) is 11.6 Å². The molecular formula is C14H18N4S. The predicted octanol–water partition coefficient (Wildman–Crippen LogP) is 2.86. The molecule has 0 radical (unpaired) electrons. The number of nitrogens with zero attached hydrogens (tertiary/aromatic N) is 3. The van der Waals surface area contributed by atoms with Crippen LogP contribution in [-0.4, -0.2) is 21.5 Å². The molecule has 0 bridgehead atoms. The van der Waals surface area contributed by atoms with Crippen molar-refractivity contribution < 1.29 is 0 Å². The summed E-state index contributed by atoms with van der Waals surface area (Å²) >= 11 is 1.71. The minimum Gasteiger partial charge on any atom is -0.369 e. The van der Waals surface area contributed by atoms with Gasteiger partial charge in [0, 0.05) is 35.8 Å². The summed E-state index contributed by atoms with van der Waals surface area (Å²) in [4.78, 5) is 13.1. The van der Waals surface area contributed by atoms with Gasteiger partial charge in [0.25, 0.3) is 0 Å². The Kier molecular flexibility index (Phi) is 4.03. The van der Waals surface area contributed by atoms with E-state index in [1.54, 1.807) is 17.7 Å². The highest BCUT2D eigenvalue weighted by Gasteiger charge is 2.13. The van der Waals surface area contributed by atoms with Crippen molar-refractivity contribution in [2.75, 3.05) is 11.9 Å². The lowest BCUT2D eigenvalue weighted by molar-refractivity contribution is 0.708. The first-order chi connectivity index (χ1) is 9.43. The molecule has 2 aromatic heterocycles. The topological polar surface area (TPSA) is 50.7 Å². The Balaban J connectivity index is 1.67. The van der Waals surface area contributed by atoms with Crippen LogP contribution in [0, 0.1) is 0 Å². The number of hydrogen-bond acceptors (Lipinski definition) is 5. The molecule has 0 fully saturated rings. The van der Waals surface area contributed by atoms with E-state index in [0.717, 1.165) is 31.6 Å². The Bertz CT molecular complexity index is 524. The van der Waals surface area contributed by atoms with E-state index in [2.05, 4.69) is 20.3 Å². The van der Waals surface area contributed by atoms with Crippen molar-refractivity contribution in [1.82, 2.24) is 15.0 Å². The van der Waals surface area contributed by atoms with Crippen molar-refractivity contribution in [3.8, 4) is 0 Å². The van der Waals surface area contributed by atoms with Crippen molar-refractivity contribution in [3.63, 3.8) is 0 Å². The van der Waals surface area contributed by atoms with Gasteiger partial charge >= 0.3 is 0 Å². The quantitative estimate of drug-likeness (QED) is 0.871. The molecular weight excluding hydrogens is 256 g/mol. The van der Waals surface area contributed by atoms with Gasteiger partial charge in [-0.15, -0.1) is 11.3 Å². The molecule has 3 rings (SSSR count). The summed E-state index contributed by atoms with van der Waals surface area (Å²) in [6.45, 7) is 0.886. The minimum atomic E-state index is 0.886. The zero-order valence-corrected chi connectivity index (χ0v) is 11.7. The Morgan fingerprint density at radius 1 is 1.11 bits per heavy atom. The van der Waals surface area contributed by atoms with E-state index in [-0.39, 0.29) is 0 Å². The number of aryl methyl sites for hydroxylation is 1. The van der Waals surface area contributed by atoms with Crippen LogP contribution in [0.2, 0.25) is 0 Å². The van der Waals surface area contributed by atoms with Crippen LogP contribution in [-0.2, 0) is 19.3 Å². The van der Waals surface area contributed by atoms with Crippen molar-refractivity contribution in [2.24, 2.45) is 0 Å². The van der Waals surface area contributed by atoms with Crippen LogP contribution >= 0.6 is 11.3 Å². The van der Waals surface area contributed by atoms with Crippen molar-refractivity contribution >= 4 is 17.2 Å². The summed E-state index contributed by atoms with van der Waals surface area (Å²) in [5.41, 5.74) is 2.57. The van der Waals surface area contributed by atoms with Crippen molar-refractivity contribution in [2.45, 2.75) is 38.5 Å². The highest BCUT2D eigenvalue weighted by Crippen LogP contribution is 2.23. The van der Waals surface area contributed by atoms with Gasteiger partial charge in [0.15, 0.2) is 0 Å². The molecule has 19 heavy (non-hydrogen) atoms. The van der Waals surface area contributed by atoms with Gasteiger partial charge in [0.2, 0.25) is 0 Å². The molecule has 0 saturated heterocycles. The number of aromatic nitrogens is 3. The second kappa shape index (κ2) is 6.10. The molecule has 1 N–H and O–H groups in total. The molecule has 1 aliphatic carbocycles. The van der Waals surface area contributed by atoms with Crippen LogP contribution in [0.25, 0.3) is 0 Å². The number of hydrogen-bond donors (Lipinski definition) is 1. The minimum absolute atomic E-state index is 0.886. The van der Waals surface area contributed by atoms with Crippen LogP contribution in [0.5, 0.6) is 0 Å². The maximum absolute atomic E-state index is 4.44. The Labute approximate surface area is 117 Å². The number of thiazole rings is 1. The second-order valence-corrected chi connectivity index (χ2v) is 5.79. The van der Waals surface area contributed by atoms with Crippen LogP contribution < -0.4 is 5.32 Å². The molecule has 2 aromatic rings. The monoisotopic (exact) mass is 274 g/mol. The molecule has 0 amide bonds. The van der Waals surface area contributed by atoms with Gasteiger partial charge in [-0.25, -0.2) is 15.0 Å². The lowest BCUT2D eigenvalue weighted by Gasteiger charge is -2.11. The third-order valence-corrected chi connectivity index (χ3v) is 4.33. The fraction of sp³-hybridized carbons (Fsp3) is 0.500. The fourth-order valence-corrected chi connectivity index (χ4v) is 3.13. The molecule has 0 unspecified atom stereocenters. The van der Waals surface area contributed by atoms with E-state index >= 15 is 0 Å². The van der Waals surface area contributed by atoms with E-state index in [4.69, 9.17) is 0 Å². The van der Waals surface area contributed by atoms with Gasteiger partial charge < -0.3 is 5.32 Å². The Hall–Kier alpha value is -1.49. The molecule has 100 valence electrons. The predicted molar refractivity (Wildman–Crippen MR) is 77.6 cm³/mol. The summed E-state index contributed by atoms with van der Waals surface area (Å²) in [5, 5.41) is 6.65. The summed E-state index contributed by atoms with van der Waals surface area (Å²) in [7, 11) is 0. The van der Waals surface area contributed by atoms with E-state index < -0.39 is 0 Å². The number of anilines is 1. The van der Waals surface area contributed by atoms with Crippen LogP contribution in [0.3, 0.4) is 0 Å². The van der Waals surface area contributed by atoms with Crippen molar-refractivity contribution in [1.29, 1.82) is 0 Å². The van der Waals surface area contributed by atoms with Crippen LogP contribution in [0.15, 0.2) is 17.9 Å². The largest absolute Gasteiger partial charge is 0.369 e. The average molecular weight is 274 g/mol. The van der Waals surface area contributed by atoms with Crippen LogP contribution in [0.4, 0.5) is 5.82 Å². The standard InChI is InChI=1S/C14H18N4S/c1-2-4-11-12(5-3-1)17-10-18-14(11)16-7-6-13-15-8-9-19-13/h8-10H,1-7H2,(H,16,17,18). The van der Waals surface area contributed by atoms with E-state index in [1.165, 1.54) is 35.5 Å². The van der Waals surface area contributed by atoms with E-state index in [9.17, 15) is 0 Å². The zero-order valence-electron chi connectivity index (χ0n) is 10.9. The summed E-state index contributed by atoms with van der Waals surface area (Å²) in [5.74, 6) is 1.03. The number of nitrogens with one attached hydrogen (secondary N) is 1. The molecule has 1 aliphatic rings. The van der Waals surface area contributed by atoms with Crippen molar-refractivity contribution in [3.05, 3.63) is 34.2 Å². The summed E-state index contributed by atoms with van der Waals surface area (Å²) in [6, 6.07) is 0. The lowest BCUT2D eigenvalue weighted by Crippen LogP contribution is -2.10. The zero-order chi connectivity index (χ0) is 12.9. The molecule has 0 aromatic carbocycles. The third-order valence-electron chi connectivity index (χ3n) is 3.49. The average Bonchev–Trinajstić information content (AvgIpc) is 2.82. The van der Waals surface area contributed by atoms with E-state index in [0.29, 0.717) is 0 Å². The maximum Gasteiger partial charge on any atom is 0.132 e. The summed E-state index contributed by atoms with van der Waals surface area (Å²) < 4.78 is 0. The normalized spacial score (nSPS) is 14.7. The smallest absolute Gasteiger partial charge is 0.132 e. The molecule has 4 nitrogen and oxygen atoms in total. The van der Waals surface area contributed by atoms with Gasteiger partial charge in [-0.1, -0.05) is 6.42 Å². The first-order valence-corrected chi connectivity index (χ1v) is 7.76. The van der Waals surface area contributed by atoms with Gasteiger partial charge in [0.1, 0.15) is 12.1 Å². The SMILES string of the molecule is c1csc(CCNc2ncnc3c2CCCCC3)n1. The molecule has 0 saturated carbocycles. The highest BCUT2D eigenvalue weighted by atomic mass is 32.1. The molecule has 0 aliphatic heterocycles. The Morgan fingerprint density at radius 3 is 2.95 bits per heavy atom. The fourth-order valence-electron chi connectivity index (χ4n) is 2.51. The lowest BCUT2D eigenvalue weighted by atomic mass is 10.1. The number of rotatable bonds is 4. The number of fused-ring (bicyclic) bond motifs is 1. The Morgan fingerprint density at radius 2 is 2.05 bits per heavy atom. The molecule has 5 heteroatoms. The molecule has 2 heterocycles. The van der Waals surface area contributed by atoms with Crippen LogP contribution in [0.1, 0.15) is 35.5 Å². The first-order valence-electron chi connectivity index (χ1n) is 6.88. The third kappa shape index (κ3) is 3.10.